The first-order valence-electron chi connectivity index (χ1n) is 6.45. The molecular weight excluding hydrogens is 280 g/mol. The minimum absolute atomic E-state index is 0.0874. The van der Waals surface area contributed by atoms with Crippen molar-refractivity contribution >= 4 is 23.3 Å². The second-order valence-corrected chi connectivity index (χ2v) is 5.84. The fraction of sp³-hybridized carbons (Fsp3) is 0.538. The Hall–Kier alpha value is -1.60. The summed E-state index contributed by atoms with van der Waals surface area (Å²) in [4.78, 5) is 23.2. The Bertz CT molecular complexity index is 502. The number of thiophene rings is 1. The first-order chi connectivity index (χ1) is 9.51. The van der Waals surface area contributed by atoms with E-state index in [1.54, 1.807) is 11.3 Å². The van der Waals surface area contributed by atoms with Gasteiger partial charge in [-0.15, -0.1) is 11.3 Å². The number of amides is 2. The molecule has 1 aromatic heterocycles. The first kappa shape index (κ1) is 14.8. The molecule has 0 aromatic carbocycles. The minimum Gasteiger partial charge on any atom is -0.481 e. The number of urea groups is 1. The van der Waals surface area contributed by atoms with Crippen LogP contribution in [0.1, 0.15) is 23.8 Å². The van der Waals surface area contributed by atoms with Gasteiger partial charge in [-0.25, -0.2) is 4.79 Å². The van der Waals surface area contributed by atoms with Crippen LogP contribution in [-0.2, 0) is 21.6 Å². The summed E-state index contributed by atoms with van der Waals surface area (Å²) < 4.78 is 5.81. The molecule has 1 aliphatic heterocycles. The number of rotatable bonds is 5. The van der Waals surface area contributed by atoms with Crippen molar-refractivity contribution in [2.24, 2.45) is 0 Å². The van der Waals surface area contributed by atoms with E-state index >= 15 is 0 Å². The molecule has 1 aliphatic rings. The van der Waals surface area contributed by atoms with Crippen molar-refractivity contribution in [1.29, 1.82) is 0 Å². The van der Waals surface area contributed by atoms with Crippen LogP contribution in [0.15, 0.2) is 11.4 Å². The summed E-state index contributed by atoms with van der Waals surface area (Å²) >= 11 is 1.71. The van der Waals surface area contributed by atoms with Gasteiger partial charge in [-0.3, -0.25) is 4.79 Å². The summed E-state index contributed by atoms with van der Waals surface area (Å²) in [5.41, 5.74) is 0.608. The number of hydrogen-bond donors (Lipinski definition) is 3. The topological polar surface area (TPSA) is 87.7 Å². The molecule has 1 atom stereocenters. The molecule has 0 fully saturated rings. The Labute approximate surface area is 121 Å². The number of hydrogen-bond acceptors (Lipinski definition) is 4. The van der Waals surface area contributed by atoms with Crippen LogP contribution in [-0.4, -0.2) is 36.8 Å². The largest absolute Gasteiger partial charge is 0.481 e. The molecule has 0 bridgehead atoms. The lowest BCUT2D eigenvalue weighted by molar-refractivity contribution is -0.136. The van der Waals surface area contributed by atoms with Crippen molar-refractivity contribution in [3.63, 3.8) is 0 Å². The number of carbonyl (C=O) groups is 2. The first-order valence-corrected chi connectivity index (χ1v) is 7.33. The van der Waals surface area contributed by atoms with E-state index in [2.05, 4.69) is 10.6 Å². The van der Waals surface area contributed by atoms with Crippen molar-refractivity contribution in [3.05, 3.63) is 21.9 Å². The molecule has 20 heavy (non-hydrogen) atoms. The highest BCUT2D eigenvalue weighted by atomic mass is 32.1. The lowest BCUT2D eigenvalue weighted by atomic mass is 9.93. The molecule has 7 heteroatoms. The van der Waals surface area contributed by atoms with Gasteiger partial charge in [-0.1, -0.05) is 0 Å². The summed E-state index contributed by atoms with van der Waals surface area (Å²) in [7, 11) is 0. The van der Waals surface area contributed by atoms with Crippen LogP contribution in [0.4, 0.5) is 4.79 Å². The number of carbonyl (C=O) groups excluding carboxylic acids is 1. The van der Waals surface area contributed by atoms with E-state index in [4.69, 9.17) is 9.84 Å². The van der Waals surface area contributed by atoms with Gasteiger partial charge < -0.3 is 20.5 Å². The van der Waals surface area contributed by atoms with E-state index in [1.165, 1.54) is 4.88 Å². The van der Waals surface area contributed by atoms with Crippen molar-refractivity contribution < 1.29 is 19.4 Å². The monoisotopic (exact) mass is 298 g/mol. The number of carboxylic acids is 1. The molecule has 6 nitrogen and oxygen atoms in total. The Morgan fingerprint density at radius 3 is 3.05 bits per heavy atom. The lowest BCUT2D eigenvalue weighted by Gasteiger charge is -2.34. The molecule has 0 saturated carbocycles. The van der Waals surface area contributed by atoms with Crippen LogP contribution in [0.25, 0.3) is 0 Å². The molecular formula is C13H18N2O4S. The SMILES string of the molecule is CC1(CNC(=O)NCCC(=O)O)OCCc2sccc21. The molecule has 1 unspecified atom stereocenters. The van der Waals surface area contributed by atoms with Crippen LogP contribution in [0.2, 0.25) is 0 Å². The van der Waals surface area contributed by atoms with E-state index in [9.17, 15) is 9.59 Å². The van der Waals surface area contributed by atoms with Gasteiger partial charge in [0.2, 0.25) is 0 Å². The van der Waals surface area contributed by atoms with E-state index < -0.39 is 11.6 Å². The molecule has 0 radical (unpaired) electrons. The van der Waals surface area contributed by atoms with Gasteiger partial charge in [-0.05, 0) is 23.9 Å². The Kier molecular flexibility index (Phi) is 4.61. The smallest absolute Gasteiger partial charge is 0.314 e. The summed E-state index contributed by atoms with van der Waals surface area (Å²) in [5, 5.41) is 15.8. The van der Waals surface area contributed by atoms with E-state index in [0.717, 1.165) is 12.0 Å². The van der Waals surface area contributed by atoms with Gasteiger partial charge >= 0.3 is 12.0 Å². The third kappa shape index (κ3) is 3.49. The Balaban J connectivity index is 1.85. The molecule has 110 valence electrons. The highest BCUT2D eigenvalue weighted by molar-refractivity contribution is 7.10. The molecule has 2 amide bonds. The van der Waals surface area contributed by atoms with Gasteiger partial charge in [-0.2, -0.15) is 0 Å². The third-order valence-electron chi connectivity index (χ3n) is 3.28. The Morgan fingerprint density at radius 2 is 2.30 bits per heavy atom. The van der Waals surface area contributed by atoms with Crippen LogP contribution in [0.3, 0.4) is 0 Å². The number of carboxylic acid groups (broad SMARTS) is 1. The fourth-order valence-electron chi connectivity index (χ4n) is 2.19. The average molecular weight is 298 g/mol. The molecule has 1 aromatic rings. The highest BCUT2D eigenvalue weighted by Crippen LogP contribution is 2.35. The average Bonchev–Trinajstić information content (AvgIpc) is 2.86. The van der Waals surface area contributed by atoms with Crippen molar-refractivity contribution in [2.45, 2.75) is 25.4 Å². The van der Waals surface area contributed by atoms with Crippen LogP contribution in [0, 0.1) is 0 Å². The van der Waals surface area contributed by atoms with E-state index in [1.807, 2.05) is 18.4 Å². The summed E-state index contributed by atoms with van der Waals surface area (Å²) in [6.07, 6.45) is 0.823. The fourth-order valence-corrected chi connectivity index (χ4v) is 3.17. The van der Waals surface area contributed by atoms with Crippen molar-refractivity contribution in [2.75, 3.05) is 19.7 Å². The van der Waals surface area contributed by atoms with Gasteiger partial charge in [0.15, 0.2) is 0 Å². The maximum atomic E-state index is 11.6. The van der Waals surface area contributed by atoms with Crippen molar-refractivity contribution in [1.82, 2.24) is 10.6 Å². The number of ether oxygens (including phenoxy) is 1. The molecule has 2 rings (SSSR count). The third-order valence-corrected chi connectivity index (χ3v) is 4.26. The maximum Gasteiger partial charge on any atom is 0.314 e. The highest BCUT2D eigenvalue weighted by Gasteiger charge is 2.34. The second-order valence-electron chi connectivity index (χ2n) is 4.84. The number of fused-ring (bicyclic) bond motifs is 1. The van der Waals surface area contributed by atoms with Crippen LogP contribution in [0.5, 0.6) is 0 Å². The van der Waals surface area contributed by atoms with Crippen LogP contribution < -0.4 is 10.6 Å². The Morgan fingerprint density at radius 1 is 1.50 bits per heavy atom. The maximum absolute atomic E-state index is 11.6. The summed E-state index contributed by atoms with van der Waals surface area (Å²) in [6.45, 7) is 3.07. The molecule has 0 saturated heterocycles. The van der Waals surface area contributed by atoms with Gasteiger partial charge in [0, 0.05) is 17.8 Å². The second kappa shape index (κ2) is 6.23. The van der Waals surface area contributed by atoms with E-state index in [-0.39, 0.29) is 19.0 Å². The molecule has 2 heterocycles. The zero-order valence-corrected chi connectivity index (χ0v) is 12.1. The zero-order valence-electron chi connectivity index (χ0n) is 11.3. The summed E-state index contributed by atoms with van der Waals surface area (Å²) in [5.74, 6) is -0.934. The van der Waals surface area contributed by atoms with Gasteiger partial charge in [0.1, 0.15) is 5.60 Å². The van der Waals surface area contributed by atoms with E-state index in [0.29, 0.717) is 13.2 Å². The number of aliphatic carboxylic acids is 1. The number of nitrogens with one attached hydrogen (secondary N) is 2. The zero-order chi connectivity index (χ0) is 14.6. The molecule has 0 spiro atoms. The van der Waals surface area contributed by atoms with Gasteiger partial charge in [0.25, 0.3) is 0 Å². The molecule has 0 aliphatic carbocycles. The predicted octanol–water partition coefficient (Wildman–Crippen LogP) is 1.31. The predicted molar refractivity (Wildman–Crippen MR) is 75.0 cm³/mol. The van der Waals surface area contributed by atoms with Crippen molar-refractivity contribution in [3.8, 4) is 0 Å². The summed E-state index contributed by atoms with van der Waals surface area (Å²) in [6, 6.07) is 1.65. The minimum atomic E-state index is -0.934. The molecule has 3 N–H and O–H groups in total. The van der Waals surface area contributed by atoms with Crippen LogP contribution >= 0.6 is 11.3 Å². The lowest BCUT2D eigenvalue weighted by Crippen LogP contribution is -2.46. The quantitative estimate of drug-likeness (QED) is 0.765. The van der Waals surface area contributed by atoms with Gasteiger partial charge in [0.05, 0.1) is 19.6 Å². The normalized spacial score (nSPS) is 21.1. The standard InChI is InChI=1S/C13H18N2O4S/c1-13(8-15-12(18)14-5-2-11(16)17)9-4-7-20-10(9)3-6-19-13/h4,7H,2-3,5-6,8H2,1H3,(H,16,17)(H2,14,15,18).